The summed E-state index contributed by atoms with van der Waals surface area (Å²) in [5.74, 6) is 0.917. The summed E-state index contributed by atoms with van der Waals surface area (Å²) in [6.45, 7) is 2.86. The van der Waals surface area contributed by atoms with Gasteiger partial charge in [0.1, 0.15) is 5.82 Å². The van der Waals surface area contributed by atoms with Gasteiger partial charge < -0.3 is 4.90 Å². The topological polar surface area (TPSA) is 52.8 Å². The van der Waals surface area contributed by atoms with Crippen molar-refractivity contribution >= 4 is 16.7 Å². The zero-order valence-corrected chi connectivity index (χ0v) is 11.9. The number of rotatable bonds is 5. The van der Waals surface area contributed by atoms with Crippen LogP contribution in [0.1, 0.15) is 30.3 Å². The SMILES string of the molecule is CCCc1nsc(N(C)Cc2cccc(C#N)c2)n1. The second-order valence-corrected chi connectivity index (χ2v) is 5.14. The Morgan fingerprint density at radius 3 is 3.00 bits per heavy atom. The lowest BCUT2D eigenvalue weighted by Crippen LogP contribution is -2.16. The van der Waals surface area contributed by atoms with E-state index in [2.05, 4.69) is 27.3 Å². The average Bonchev–Trinajstić information content (AvgIpc) is 2.88. The van der Waals surface area contributed by atoms with Gasteiger partial charge in [-0.25, -0.2) is 4.98 Å². The van der Waals surface area contributed by atoms with E-state index in [9.17, 15) is 0 Å². The summed E-state index contributed by atoms with van der Waals surface area (Å²) in [5.41, 5.74) is 1.80. The highest BCUT2D eigenvalue weighted by Gasteiger charge is 2.09. The van der Waals surface area contributed by atoms with Crippen molar-refractivity contribution in [2.24, 2.45) is 0 Å². The molecule has 0 saturated carbocycles. The maximum absolute atomic E-state index is 8.89. The van der Waals surface area contributed by atoms with Gasteiger partial charge in [0.2, 0.25) is 5.13 Å². The molecule has 0 unspecified atom stereocenters. The summed E-state index contributed by atoms with van der Waals surface area (Å²) in [6, 6.07) is 9.80. The van der Waals surface area contributed by atoms with E-state index in [1.54, 1.807) is 0 Å². The van der Waals surface area contributed by atoms with Crippen LogP contribution in [-0.2, 0) is 13.0 Å². The van der Waals surface area contributed by atoms with Crippen molar-refractivity contribution < 1.29 is 0 Å². The minimum atomic E-state index is 0.690. The van der Waals surface area contributed by atoms with E-state index >= 15 is 0 Å². The maximum atomic E-state index is 8.89. The van der Waals surface area contributed by atoms with E-state index in [1.165, 1.54) is 11.5 Å². The quantitative estimate of drug-likeness (QED) is 0.839. The van der Waals surface area contributed by atoms with Crippen molar-refractivity contribution in [2.45, 2.75) is 26.3 Å². The fraction of sp³-hybridized carbons (Fsp3) is 0.357. The summed E-state index contributed by atoms with van der Waals surface area (Å²) >= 11 is 1.43. The van der Waals surface area contributed by atoms with Crippen molar-refractivity contribution in [2.75, 3.05) is 11.9 Å². The van der Waals surface area contributed by atoms with Gasteiger partial charge in [-0.1, -0.05) is 19.1 Å². The lowest BCUT2D eigenvalue weighted by molar-refractivity contribution is 0.846. The van der Waals surface area contributed by atoms with Crippen LogP contribution in [0, 0.1) is 11.3 Å². The van der Waals surface area contributed by atoms with Gasteiger partial charge in [0, 0.05) is 31.5 Å². The highest BCUT2D eigenvalue weighted by Crippen LogP contribution is 2.19. The Balaban J connectivity index is 2.07. The van der Waals surface area contributed by atoms with Crippen LogP contribution in [0.2, 0.25) is 0 Å². The summed E-state index contributed by atoms with van der Waals surface area (Å²) in [6.07, 6.45) is 1.98. The number of aromatic nitrogens is 2. The van der Waals surface area contributed by atoms with Gasteiger partial charge in [-0.2, -0.15) is 9.64 Å². The van der Waals surface area contributed by atoms with Crippen molar-refractivity contribution in [3.8, 4) is 6.07 Å². The predicted octanol–water partition coefficient (Wildman–Crippen LogP) is 3.00. The molecule has 2 aromatic rings. The van der Waals surface area contributed by atoms with Crippen LogP contribution in [0.4, 0.5) is 5.13 Å². The molecule has 0 fully saturated rings. The molecule has 0 atom stereocenters. The third-order valence-corrected chi connectivity index (χ3v) is 3.60. The van der Waals surface area contributed by atoms with Crippen LogP contribution in [0.3, 0.4) is 0 Å². The number of benzene rings is 1. The number of anilines is 1. The largest absolute Gasteiger partial charge is 0.346 e. The molecule has 0 amide bonds. The first-order valence-corrected chi connectivity index (χ1v) is 7.03. The lowest BCUT2D eigenvalue weighted by Gasteiger charge is -2.15. The summed E-state index contributed by atoms with van der Waals surface area (Å²) < 4.78 is 4.34. The molecular weight excluding hydrogens is 256 g/mol. The third-order valence-electron chi connectivity index (χ3n) is 2.73. The molecule has 0 aliphatic heterocycles. The first-order chi connectivity index (χ1) is 9.22. The van der Waals surface area contributed by atoms with Crippen LogP contribution < -0.4 is 4.90 Å². The monoisotopic (exact) mass is 272 g/mol. The van der Waals surface area contributed by atoms with Gasteiger partial charge >= 0.3 is 0 Å². The molecule has 0 spiro atoms. The third kappa shape index (κ3) is 3.52. The van der Waals surface area contributed by atoms with Crippen molar-refractivity contribution in [3.63, 3.8) is 0 Å². The summed E-state index contributed by atoms with van der Waals surface area (Å²) in [5, 5.41) is 9.81. The van der Waals surface area contributed by atoms with Crippen LogP contribution in [-0.4, -0.2) is 16.4 Å². The second-order valence-electron chi connectivity index (χ2n) is 4.41. The van der Waals surface area contributed by atoms with E-state index < -0.39 is 0 Å². The number of aryl methyl sites for hydroxylation is 1. The minimum absolute atomic E-state index is 0.690. The van der Waals surface area contributed by atoms with Crippen LogP contribution >= 0.6 is 11.5 Å². The molecular formula is C14H16N4S. The zero-order chi connectivity index (χ0) is 13.7. The molecule has 1 aromatic carbocycles. The number of hydrogen-bond acceptors (Lipinski definition) is 5. The lowest BCUT2D eigenvalue weighted by atomic mass is 10.1. The molecule has 5 heteroatoms. The number of nitriles is 1. The molecule has 2 rings (SSSR count). The molecule has 4 nitrogen and oxygen atoms in total. The Labute approximate surface area is 117 Å². The van der Waals surface area contributed by atoms with Gasteiger partial charge in [-0.15, -0.1) is 0 Å². The second kappa shape index (κ2) is 6.30. The first kappa shape index (κ1) is 13.5. The summed E-state index contributed by atoms with van der Waals surface area (Å²) in [4.78, 5) is 6.57. The van der Waals surface area contributed by atoms with Gasteiger partial charge in [0.05, 0.1) is 11.6 Å². The molecule has 0 bridgehead atoms. The van der Waals surface area contributed by atoms with Crippen molar-refractivity contribution in [1.29, 1.82) is 5.26 Å². The van der Waals surface area contributed by atoms with Gasteiger partial charge in [0.15, 0.2) is 0 Å². The van der Waals surface area contributed by atoms with Gasteiger partial charge in [-0.05, 0) is 24.1 Å². The average molecular weight is 272 g/mol. The molecule has 19 heavy (non-hydrogen) atoms. The maximum Gasteiger partial charge on any atom is 0.205 e. The Hall–Kier alpha value is -1.93. The number of nitrogens with zero attached hydrogens (tertiary/aromatic N) is 4. The van der Waals surface area contributed by atoms with E-state index in [0.717, 1.165) is 35.9 Å². The van der Waals surface area contributed by atoms with Gasteiger partial charge in [-0.3, -0.25) is 0 Å². The van der Waals surface area contributed by atoms with E-state index in [0.29, 0.717) is 5.56 Å². The molecule has 98 valence electrons. The first-order valence-electron chi connectivity index (χ1n) is 6.25. The Bertz CT molecular complexity index is 585. The highest BCUT2D eigenvalue weighted by atomic mass is 32.1. The predicted molar refractivity (Wildman–Crippen MR) is 77.2 cm³/mol. The number of hydrogen-bond donors (Lipinski definition) is 0. The molecule has 0 aliphatic carbocycles. The standard InChI is InChI=1S/C14H16N4S/c1-3-5-13-16-14(19-17-13)18(2)10-12-7-4-6-11(8-12)9-15/h4,6-8H,3,5,10H2,1-2H3. The van der Waals surface area contributed by atoms with Crippen LogP contribution in [0.15, 0.2) is 24.3 Å². The van der Waals surface area contributed by atoms with E-state index in [1.807, 2.05) is 31.3 Å². The highest BCUT2D eigenvalue weighted by molar-refractivity contribution is 7.09. The zero-order valence-electron chi connectivity index (χ0n) is 11.1. The van der Waals surface area contributed by atoms with Crippen molar-refractivity contribution in [3.05, 3.63) is 41.2 Å². The van der Waals surface area contributed by atoms with Crippen LogP contribution in [0.25, 0.3) is 0 Å². The fourth-order valence-electron chi connectivity index (χ4n) is 1.81. The molecule has 1 aromatic heterocycles. The Morgan fingerprint density at radius 2 is 2.26 bits per heavy atom. The molecule has 0 saturated heterocycles. The molecule has 0 N–H and O–H groups in total. The normalized spacial score (nSPS) is 10.2. The van der Waals surface area contributed by atoms with Crippen molar-refractivity contribution in [1.82, 2.24) is 9.36 Å². The minimum Gasteiger partial charge on any atom is -0.346 e. The molecule has 1 heterocycles. The van der Waals surface area contributed by atoms with E-state index in [4.69, 9.17) is 5.26 Å². The summed E-state index contributed by atoms with van der Waals surface area (Å²) in [7, 11) is 2.00. The molecule has 0 radical (unpaired) electrons. The molecule has 0 aliphatic rings. The van der Waals surface area contributed by atoms with Gasteiger partial charge in [0.25, 0.3) is 0 Å². The van der Waals surface area contributed by atoms with E-state index in [-0.39, 0.29) is 0 Å². The Morgan fingerprint density at radius 1 is 1.42 bits per heavy atom. The smallest absolute Gasteiger partial charge is 0.205 e. The Kier molecular flexibility index (Phi) is 4.48. The fourth-order valence-corrected chi connectivity index (χ4v) is 2.47. The van der Waals surface area contributed by atoms with Crippen LogP contribution in [0.5, 0.6) is 0 Å².